The lowest BCUT2D eigenvalue weighted by atomic mass is 10.1. The van der Waals surface area contributed by atoms with Gasteiger partial charge in [0.05, 0.1) is 4.91 Å². The monoisotopic (exact) mass is 430 g/mol. The number of hydrogen-bond acceptors (Lipinski definition) is 4. The summed E-state index contributed by atoms with van der Waals surface area (Å²) in [7, 11) is 0. The zero-order valence-corrected chi connectivity index (χ0v) is 18.8. The summed E-state index contributed by atoms with van der Waals surface area (Å²) in [6.07, 6.45) is 9.98. The van der Waals surface area contributed by atoms with Crippen molar-refractivity contribution in [1.29, 1.82) is 0 Å². The van der Waals surface area contributed by atoms with Gasteiger partial charge in [0.1, 0.15) is 4.32 Å². The van der Waals surface area contributed by atoms with Gasteiger partial charge in [-0.05, 0) is 44.2 Å². The zero-order chi connectivity index (χ0) is 20.6. The van der Waals surface area contributed by atoms with Gasteiger partial charge in [0.15, 0.2) is 0 Å². The third-order valence-electron chi connectivity index (χ3n) is 5.48. The van der Waals surface area contributed by atoms with Crippen molar-refractivity contribution in [2.45, 2.75) is 58.3 Å². The Morgan fingerprint density at radius 1 is 1.07 bits per heavy atom. The first-order valence-electron chi connectivity index (χ1n) is 10.6. The number of aryl methyl sites for hydroxylation is 1. The van der Waals surface area contributed by atoms with Crippen molar-refractivity contribution in [2.75, 3.05) is 19.6 Å². The molecule has 0 aliphatic carbocycles. The summed E-state index contributed by atoms with van der Waals surface area (Å²) in [6, 6.07) is 8.12. The summed E-state index contributed by atoms with van der Waals surface area (Å²) in [6.45, 7) is 4.52. The molecule has 4 nitrogen and oxygen atoms in total. The van der Waals surface area contributed by atoms with Gasteiger partial charge in [-0.25, -0.2) is 0 Å². The van der Waals surface area contributed by atoms with Crippen molar-refractivity contribution in [3.8, 4) is 0 Å². The minimum Gasteiger partial charge on any atom is -0.343 e. The molecule has 156 valence electrons. The first kappa shape index (κ1) is 22.0. The minimum atomic E-state index is 0.00113. The molecule has 0 N–H and O–H groups in total. The molecule has 0 aromatic heterocycles. The summed E-state index contributed by atoms with van der Waals surface area (Å²) < 4.78 is 0.633. The van der Waals surface area contributed by atoms with Crippen LogP contribution in [0.15, 0.2) is 29.2 Å². The molecule has 0 bridgehead atoms. The first-order chi connectivity index (χ1) is 14.0. The Morgan fingerprint density at radius 2 is 1.76 bits per heavy atom. The summed E-state index contributed by atoms with van der Waals surface area (Å²) in [5, 5.41) is 0. The van der Waals surface area contributed by atoms with Crippen LogP contribution < -0.4 is 0 Å². The second kappa shape index (κ2) is 10.9. The van der Waals surface area contributed by atoms with Crippen LogP contribution in [0, 0.1) is 6.92 Å². The molecule has 3 rings (SSSR count). The Kier molecular flexibility index (Phi) is 8.30. The van der Waals surface area contributed by atoms with Crippen molar-refractivity contribution in [2.24, 2.45) is 0 Å². The van der Waals surface area contributed by atoms with E-state index < -0.39 is 0 Å². The van der Waals surface area contributed by atoms with Crippen molar-refractivity contribution in [1.82, 2.24) is 9.80 Å². The standard InChI is InChI=1S/C23H30N2O2S2/c1-18-10-12-19(13-11-18)17-20-22(27)25(23(28)29-20)16-8-4-5-9-21(26)24-14-6-2-3-7-15-24/h10-13,17H,2-9,14-16H2,1H3/b20-17-. The van der Waals surface area contributed by atoms with E-state index in [4.69, 9.17) is 12.2 Å². The minimum absolute atomic E-state index is 0.00113. The Balaban J connectivity index is 1.41. The molecule has 6 heteroatoms. The van der Waals surface area contributed by atoms with Gasteiger partial charge >= 0.3 is 0 Å². The first-order valence-corrected chi connectivity index (χ1v) is 11.9. The number of carbonyl (C=O) groups is 2. The Labute approximate surface area is 183 Å². The maximum Gasteiger partial charge on any atom is 0.266 e. The van der Waals surface area contributed by atoms with Gasteiger partial charge in [-0.2, -0.15) is 0 Å². The van der Waals surface area contributed by atoms with Crippen LogP contribution in [0.3, 0.4) is 0 Å². The predicted octanol–water partition coefficient (Wildman–Crippen LogP) is 5.16. The van der Waals surface area contributed by atoms with E-state index in [-0.39, 0.29) is 5.91 Å². The molecule has 0 radical (unpaired) electrons. The highest BCUT2D eigenvalue weighted by molar-refractivity contribution is 8.26. The van der Waals surface area contributed by atoms with Gasteiger partial charge in [0.2, 0.25) is 5.91 Å². The fraction of sp³-hybridized carbons (Fsp3) is 0.522. The second-order valence-corrected chi connectivity index (χ2v) is 9.53. The normalized spacial score (nSPS) is 19.1. The van der Waals surface area contributed by atoms with E-state index >= 15 is 0 Å². The van der Waals surface area contributed by atoms with Gasteiger partial charge in [-0.3, -0.25) is 14.5 Å². The molecular weight excluding hydrogens is 400 g/mol. The number of thioether (sulfide) groups is 1. The molecule has 0 atom stereocenters. The third-order valence-corrected chi connectivity index (χ3v) is 6.86. The average Bonchev–Trinajstić information content (AvgIpc) is 2.90. The Morgan fingerprint density at radius 3 is 2.45 bits per heavy atom. The summed E-state index contributed by atoms with van der Waals surface area (Å²) in [5.74, 6) is 0.291. The Hall–Kier alpha value is -1.66. The van der Waals surface area contributed by atoms with Gasteiger partial charge in [-0.1, -0.05) is 73.1 Å². The molecule has 2 aliphatic heterocycles. The van der Waals surface area contributed by atoms with E-state index in [0.717, 1.165) is 50.8 Å². The van der Waals surface area contributed by atoms with Crippen molar-refractivity contribution in [3.05, 3.63) is 40.3 Å². The topological polar surface area (TPSA) is 40.6 Å². The number of hydrogen-bond donors (Lipinski definition) is 0. The molecule has 2 amide bonds. The van der Waals surface area contributed by atoms with Crippen molar-refractivity contribution >= 4 is 46.2 Å². The molecule has 0 unspecified atom stereocenters. The summed E-state index contributed by atoms with van der Waals surface area (Å²) >= 11 is 6.79. The third kappa shape index (κ3) is 6.41. The molecule has 2 fully saturated rings. The lowest BCUT2D eigenvalue weighted by molar-refractivity contribution is -0.131. The maximum atomic E-state index is 12.7. The van der Waals surface area contributed by atoms with Crippen LogP contribution in [0.2, 0.25) is 0 Å². The number of benzene rings is 1. The highest BCUT2D eigenvalue weighted by Crippen LogP contribution is 2.32. The van der Waals surface area contributed by atoms with Gasteiger partial charge in [0, 0.05) is 26.1 Å². The Bertz CT molecular complexity index is 766. The highest BCUT2D eigenvalue weighted by Gasteiger charge is 2.31. The number of amides is 2. The van der Waals surface area contributed by atoms with Crippen molar-refractivity contribution < 1.29 is 9.59 Å². The summed E-state index contributed by atoms with van der Waals surface area (Å²) in [5.41, 5.74) is 2.21. The lowest BCUT2D eigenvalue weighted by Gasteiger charge is -2.20. The van der Waals surface area contributed by atoms with E-state index in [2.05, 4.69) is 0 Å². The fourth-order valence-electron chi connectivity index (χ4n) is 3.71. The van der Waals surface area contributed by atoms with Gasteiger partial charge in [0.25, 0.3) is 5.91 Å². The predicted molar refractivity (Wildman–Crippen MR) is 125 cm³/mol. The second-order valence-electron chi connectivity index (χ2n) is 7.85. The number of thiocarbonyl (C=S) groups is 1. The average molecular weight is 431 g/mol. The van der Waals surface area contributed by atoms with Gasteiger partial charge < -0.3 is 4.90 Å². The smallest absolute Gasteiger partial charge is 0.266 e. The van der Waals surface area contributed by atoms with E-state index in [1.807, 2.05) is 42.2 Å². The molecule has 0 saturated carbocycles. The molecule has 1 aromatic carbocycles. The van der Waals surface area contributed by atoms with Gasteiger partial charge in [-0.15, -0.1) is 0 Å². The zero-order valence-electron chi connectivity index (χ0n) is 17.2. The fourth-order valence-corrected chi connectivity index (χ4v) is 5.02. The molecule has 2 saturated heterocycles. The van der Waals surface area contributed by atoms with Crippen LogP contribution >= 0.6 is 24.0 Å². The van der Waals surface area contributed by atoms with Crippen LogP contribution in [0.25, 0.3) is 6.08 Å². The molecule has 2 heterocycles. The molecule has 2 aliphatic rings. The molecule has 1 aromatic rings. The largest absolute Gasteiger partial charge is 0.343 e. The number of nitrogens with zero attached hydrogens (tertiary/aromatic N) is 2. The van der Waals surface area contributed by atoms with Crippen LogP contribution in [0.1, 0.15) is 62.5 Å². The molecular formula is C23H30N2O2S2. The van der Waals surface area contributed by atoms with E-state index in [0.29, 0.717) is 28.1 Å². The van der Waals surface area contributed by atoms with Crippen LogP contribution in [-0.4, -0.2) is 45.6 Å². The quantitative estimate of drug-likeness (QED) is 0.340. The highest BCUT2D eigenvalue weighted by atomic mass is 32.2. The number of likely N-dealkylation sites (tertiary alicyclic amines) is 1. The van der Waals surface area contributed by atoms with Crippen LogP contribution in [0.4, 0.5) is 0 Å². The number of carbonyl (C=O) groups excluding carboxylic acids is 2. The molecule has 29 heavy (non-hydrogen) atoms. The molecule has 0 spiro atoms. The summed E-state index contributed by atoms with van der Waals surface area (Å²) in [4.78, 5) is 29.5. The van der Waals surface area contributed by atoms with Crippen LogP contribution in [0.5, 0.6) is 0 Å². The SMILES string of the molecule is Cc1ccc(/C=C2\SC(=S)N(CCCCCC(=O)N3CCCCCC3)C2=O)cc1. The van der Waals surface area contributed by atoms with E-state index in [1.165, 1.54) is 30.2 Å². The van der Waals surface area contributed by atoms with Crippen molar-refractivity contribution in [3.63, 3.8) is 0 Å². The van der Waals surface area contributed by atoms with E-state index in [1.54, 1.807) is 4.90 Å². The maximum absolute atomic E-state index is 12.7. The number of rotatable bonds is 7. The lowest BCUT2D eigenvalue weighted by Crippen LogP contribution is -2.31. The number of unbranched alkanes of at least 4 members (excludes halogenated alkanes) is 2. The van der Waals surface area contributed by atoms with E-state index in [9.17, 15) is 9.59 Å². The van der Waals surface area contributed by atoms with Crippen LogP contribution in [-0.2, 0) is 9.59 Å².